The third-order valence-corrected chi connectivity index (χ3v) is 5.01. The summed E-state index contributed by atoms with van der Waals surface area (Å²) in [6.07, 6.45) is 8.53. The lowest BCUT2D eigenvalue weighted by Crippen LogP contribution is -2.48. The summed E-state index contributed by atoms with van der Waals surface area (Å²) in [6.45, 7) is 6.53. The van der Waals surface area contributed by atoms with Gasteiger partial charge in [-0.1, -0.05) is 0 Å². The quantitative estimate of drug-likeness (QED) is 0.800. The first-order chi connectivity index (χ1) is 8.81. The van der Waals surface area contributed by atoms with E-state index >= 15 is 0 Å². The molecule has 1 aliphatic carbocycles. The summed E-state index contributed by atoms with van der Waals surface area (Å²) in [7, 11) is 2.26. The van der Waals surface area contributed by atoms with Crippen molar-refractivity contribution in [3.05, 3.63) is 0 Å². The van der Waals surface area contributed by atoms with E-state index in [4.69, 9.17) is 0 Å². The molecule has 3 nitrogen and oxygen atoms in total. The lowest BCUT2D eigenvalue weighted by molar-refractivity contribution is 0.108. The Morgan fingerprint density at radius 2 is 1.83 bits per heavy atom. The van der Waals surface area contributed by atoms with Gasteiger partial charge in [-0.05, 0) is 71.1 Å². The number of nitrogens with zero attached hydrogens (tertiary/aromatic N) is 2. The Morgan fingerprint density at radius 3 is 2.44 bits per heavy atom. The Labute approximate surface area is 112 Å². The molecule has 3 heteroatoms. The maximum atomic E-state index is 3.68. The minimum Gasteiger partial charge on any atom is -0.313 e. The normalized spacial score (nSPS) is 31.3. The van der Waals surface area contributed by atoms with Gasteiger partial charge in [-0.2, -0.15) is 0 Å². The molecule has 0 amide bonds. The van der Waals surface area contributed by atoms with E-state index in [9.17, 15) is 0 Å². The maximum Gasteiger partial charge on any atom is 0.0195 e. The van der Waals surface area contributed by atoms with Crippen molar-refractivity contribution < 1.29 is 0 Å². The van der Waals surface area contributed by atoms with Crippen molar-refractivity contribution in [1.82, 2.24) is 15.1 Å². The number of hydrogen-bond acceptors (Lipinski definition) is 3. The highest BCUT2D eigenvalue weighted by Gasteiger charge is 2.31. The molecular weight excluding hydrogens is 222 g/mol. The molecular formula is C15H29N3. The van der Waals surface area contributed by atoms with Crippen LogP contribution in [0.25, 0.3) is 0 Å². The molecule has 1 saturated carbocycles. The van der Waals surface area contributed by atoms with E-state index in [0.29, 0.717) is 0 Å². The molecule has 0 aromatic heterocycles. The predicted molar refractivity (Wildman–Crippen MR) is 75.8 cm³/mol. The van der Waals surface area contributed by atoms with Crippen molar-refractivity contribution in [2.45, 2.75) is 50.6 Å². The SMILES string of the molecule is CN1CCC(N(CC2CC2)CC2CCCN2)CC1. The van der Waals surface area contributed by atoms with Gasteiger partial charge >= 0.3 is 0 Å². The van der Waals surface area contributed by atoms with Crippen molar-refractivity contribution in [3.63, 3.8) is 0 Å². The van der Waals surface area contributed by atoms with Crippen molar-refractivity contribution in [2.24, 2.45) is 5.92 Å². The van der Waals surface area contributed by atoms with Crippen LogP contribution in [0.5, 0.6) is 0 Å². The molecule has 18 heavy (non-hydrogen) atoms. The molecule has 1 atom stereocenters. The fourth-order valence-electron chi connectivity index (χ4n) is 3.56. The summed E-state index contributed by atoms with van der Waals surface area (Å²) in [4.78, 5) is 5.33. The Morgan fingerprint density at radius 1 is 1.06 bits per heavy atom. The van der Waals surface area contributed by atoms with Crippen LogP contribution < -0.4 is 5.32 Å². The molecule has 0 aromatic rings. The molecule has 2 aliphatic heterocycles. The van der Waals surface area contributed by atoms with Crippen LogP contribution in [0.3, 0.4) is 0 Å². The number of likely N-dealkylation sites (tertiary alicyclic amines) is 1. The van der Waals surface area contributed by atoms with Gasteiger partial charge in [0.2, 0.25) is 0 Å². The molecule has 2 saturated heterocycles. The zero-order chi connectivity index (χ0) is 12.4. The minimum atomic E-state index is 0.781. The third-order valence-electron chi connectivity index (χ3n) is 5.01. The van der Waals surface area contributed by atoms with Crippen LogP contribution >= 0.6 is 0 Å². The van der Waals surface area contributed by atoms with Gasteiger partial charge in [0, 0.05) is 25.2 Å². The summed E-state index contributed by atoms with van der Waals surface area (Å²) < 4.78 is 0. The van der Waals surface area contributed by atoms with Crippen molar-refractivity contribution in [1.29, 1.82) is 0 Å². The molecule has 104 valence electrons. The van der Waals surface area contributed by atoms with E-state index < -0.39 is 0 Å². The van der Waals surface area contributed by atoms with Crippen molar-refractivity contribution in [2.75, 3.05) is 39.8 Å². The maximum absolute atomic E-state index is 3.68. The first-order valence-electron chi connectivity index (χ1n) is 7.97. The van der Waals surface area contributed by atoms with Crippen LogP contribution in [0.2, 0.25) is 0 Å². The van der Waals surface area contributed by atoms with Crippen LogP contribution in [-0.4, -0.2) is 61.7 Å². The molecule has 0 bridgehead atoms. The van der Waals surface area contributed by atoms with Gasteiger partial charge in [-0.3, -0.25) is 4.90 Å². The molecule has 3 aliphatic rings. The van der Waals surface area contributed by atoms with Crippen molar-refractivity contribution in [3.8, 4) is 0 Å². The van der Waals surface area contributed by atoms with E-state index in [-0.39, 0.29) is 0 Å². The summed E-state index contributed by atoms with van der Waals surface area (Å²) in [5.74, 6) is 1.03. The molecule has 1 N–H and O–H groups in total. The zero-order valence-electron chi connectivity index (χ0n) is 11.9. The van der Waals surface area contributed by atoms with Gasteiger partial charge in [-0.15, -0.1) is 0 Å². The topological polar surface area (TPSA) is 18.5 Å². The highest BCUT2D eigenvalue weighted by atomic mass is 15.2. The molecule has 0 spiro atoms. The number of nitrogens with one attached hydrogen (secondary N) is 1. The smallest absolute Gasteiger partial charge is 0.0195 e. The standard InChI is InChI=1S/C15H29N3/c1-17-9-6-15(7-10-17)18(11-13-4-5-13)12-14-3-2-8-16-14/h13-16H,2-12H2,1H3. The number of rotatable bonds is 5. The Bertz CT molecular complexity index is 250. The first-order valence-corrected chi connectivity index (χ1v) is 7.97. The van der Waals surface area contributed by atoms with Gasteiger partial charge < -0.3 is 10.2 Å². The van der Waals surface area contributed by atoms with Gasteiger partial charge in [-0.25, -0.2) is 0 Å². The second kappa shape index (κ2) is 5.89. The molecule has 1 unspecified atom stereocenters. The number of piperidine rings is 1. The first kappa shape index (κ1) is 12.9. The fourth-order valence-corrected chi connectivity index (χ4v) is 3.56. The van der Waals surface area contributed by atoms with Gasteiger partial charge in [0.05, 0.1) is 0 Å². The van der Waals surface area contributed by atoms with Crippen molar-refractivity contribution >= 4 is 0 Å². The summed E-state index contributed by atoms with van der Waals surface area (Å²) in [5.41, 5.74) is 0. The second-order valence-electron chi connectivity index (χ2n) is 6.73. The van der Waals surface area contributed by atoms with Crippen LogP contribution in [-0.2, 0) is 0 Å². The number of hydrogen-bond donors (Lipinski definition) is 1. The monoisotopic (exact) mass is 251 g/mol. The summed E-state index contributed by atoms with van der Waals surface area (Å²) in [5, 5.41) is 3.68. The summed E-state index contributed by atoms with van der Waals surface area (Å²) >= 11 is 0. The molecule has 0 aromatic carbocycles. The van der Waals surface area contributed by atoms with Crippen LogP contribution in [0.15, 0.2) is 0 Å². The van der Waals surface area contributed by atoms with E-state index in [1.807, 2.05) is 0 Å². The van der Waals surface area contributed by atoms with Crippen LogP contribution in [0, 0.1) is 5.92 Å². The molecule has 2 heterocycles. The highest BCUT2D eigenvalue weighted by Crippen LogP contribution is 2.31. The van der Waals surface area contributed by atoms with Crippen LogP contribution in [0.1, 0.15) is 38.5 Å². The zero-order valence-corrected chi connectivity index (χ0v) is 11.9. The lowest BCUT2D eigenvalue weighted by Gasteiger charge is -2.38. The largest absolute Gasteiger partial charge is 0.313 e. The van der Waals surface area contributed by atoms with Gasteiger partial charge in [0.15, 0.2) is 0 Å². The molecule has 3 rings (SSSR count). The van der Waals surface area contributed by atoms with E-state index in [1.54, 1.807) is 0 Å². The van der Waals surface area contributed by atoms with E-state index in [0.717, 1.165) is 18.0 Å². The highest BCUT2D eigenvalue weighted by molar-refractivity contribution is 4.87. The molecule has 0 radical (unpaired) electrons. The Kier molecular flexibility index (Phi) is 4.22. The second-order valence-corrected chi connectivity index (χ2v) is 6.73. The van der Waals surface area contributed by atoms with Gasteiger partial charge in [0.25, 0.3) is 0 Å². The van der Waals surface area contributed by atoms with Gasteiger partial charge in [0.1, 0.15) is 0 Å². The molecule has 3 fully saturated rings. The van der Waals surface area contributed by atoms with E-state index in [2.05, 4.69) is 22.2 Å². The summed E-state index contributed by atoms with van der Waals surface area (Å²) in [6, 6.07) is 1.65. The lowest BCUT2D eigenvalue weighted by atomic mass is 10.0. The van der Waals surface area contributed by atoms with Crippen LogP contribution in [0.4, 0.5) is 0 Å². The minimum absolute atomic E-state index is 0.781. The third kappa shape index (κ3) is 3.46. The predicted octanol–water partition coefficient (Wildman–Crippen LogP) is 1.54. The average Bonchev–Trinajstić information content (AvgIpc) is 3.04. The Balaban J connectivity index is 1.53. The Hall–Kier alpha value is -0.120. The van der Waals surface area contributed by atoms with E-state index in [1.165, 1.54) is 71.2 Å². The average molecular weight is 251 g/mol. The fraction of sp³-hybridized carbons (Fsp3) is 1.00.